The zero-order chi connectivity index (χ0) is 11.5. The monoisotopic (exact) mass is 407 g/mol. The van der Waals surface area contributed by atoms with Crippen molar-refractivity contribution in [2.75, 3.05) is 0 Å². The lowest BCUT2D eigenvalue weighted by Crippen LogP contribution is -2.14. The maximum Gasteiger partial charge on any atom is 0.0347 e. The zero-order valence-corrected chi connectivity index (χ0v) is 13.1. The molecule has 1 atom stereocenters. The lowest BCUT2D eigenvalue weighted by Gasteiger charge is -2.13. The van der Waals surface area contributed by atoms with Gasteiger partial charge < -0.3 is 5.73 Å². The quantitative estimate of drug-likeness (QED) is 0.751. The van der Waals surface area contributed by atoms with Crippen molar-refractivity contribution in [1.29, 1.82) is 0 Å². The van der Waals surface area contributed by atoms with Crippen LogP contribution in [-0.2, 0) is 6.42 Å². The molecule has 2 N–H and O–H groups in total. The van der Waals surface area contributed by atoms with E-state index < -0.39 is 0 Å². The number of halogens is 2. The first-order valence-electron chi connectivity index (χ1n) is 4.88. The summed E-state index contributed by atoms with van der Waals surface area (Å²) in [5.74, 6) is 0. The van der Waals surface area contributed by atoms with Crippen LogP contribution in [0.3, 0.4) is 0 Å². The van der Waals surface area contributed by atoms with E-state index in [1.54, 1.807) is 11.3 Å². The highest BCUT2D eigenvalue weighted by Crippen LogP contribution is 2.25. The SMILES string of the molecule is NC(Cc1ccsc1)c1cc(Br)ccc1I. The Kier molecular flexibility index (Phi) is 4.41. The van der Waals surface area contributed by atoms with Gasteiger partial charge in [-0.25, -0.2) is 0 Å². The maximum absolute atomic E-state index is 6.23. The number of thiophene rings is 1. The predicted octanol–water partition coefficient (Wildman–Crippen LogP) is 4.36. The fourth-order valence-corrected chi connectivity index (χ4v) is 3.37. The average Bonchev–Trinajstić information content (AvgIpc) is 2.74. The van der Waals surface area contributed by atoms with E-state index in [0.717, 1.165) is 10.9 Å². The smallest absolute Gasteiger partial charge is 0.0347 e. The van der Waals surface area contributed by atoms with Crippen LogP contribution < -0.4 is 5.73 Å². The molecule has 0 bridgehead atoms. The molecule has 0 aliphatic carbocycles. The third kappa shape index (κ3) is 3.06. The third-order valence-corrected chi connectivity index (χ3v) is 4.60. The molecule has 84 valence electrons. The van der Waals surface area contributed by atoms with Crippen LogP contribution in [0.2, 0.25) is 0 Å². The molecule has 4 heteroatoms. The van der Waals surface area contributed by atoms with Crippen LogP contribution >= 0.6 is 49.9 Å². The Labute approximate surface area is 121 Å². The molecule has 1 aromatic carbocycles. The second kappa shape index (κ2) is 5.62. The first-order valence-corrected chi connectivity index (χ1v) is 7.70. The molecule has 1 aromatic heterocycles. The largest absolute Gasteiger partial charge is 0.324 e. The summed E-state index contributed by atoms with van der Waals surface area (Å²) in [7, 11) is 0. The van der Waals surface area contributed by atoms with Crippen LogP contribution in [-0.4, -0.2) is 0 Å². The second-order valence-electron chi connectivity index (χ2n) is 3.61. The fourth-order valence-electron chi connectivity index (χ4n) is 1.57. The van der Waals surface area contributed by atoms with Crippen molar-refractivity contribution in [3.8, 4) is 0 Å². The Hall–Kier alpha value is 0.0900. The van der Waals surface area contributed by atoms with Crippen LogP contribution in [0.1, 0.15) is 17.2 Å². The highest BCUT2D eigenvalue weighted by Gasteiger charge is 2.11. The van der Waals surface area contributed by atoms with Gasteiger partial charge in [0.15, 0.2) is 0 Å². The van der Waals surface area contributed by atoms with Crippen LogP contribution in [0.4, 0.5) is 0 Å². The van der Waals surface area contributed by atoms with E-state index in [0.29, 0.717) is 0 Å². The van der Waals surface area contributed by atoms with Crippen molar-refractivity contribution in [3.63, 3.8) is 0 Å². The molecule has 0 aliphatic rings. The molecule has 2 aromatic rings. The van der Waals surface area contributed by atoms with E-state index in [4.69, 9.17) is 5.73 Å². The lowest BCUT2D eigenvalue weighted by molar-refractivity contribution is 0.719. The molecule has 1 unspecified atom stereocenters. The van der Waals surface area contributed by atoms with E-state index in [2.05, 4.69) is 67.5 Å². The summed E-state index contributed by atoms with van der Waals surface area (Å²) >= 11 is 7.54. The van der Waals surface area contributed by atoms with Gasteiger partial charge in [-0.3, -0.25) is 0 Å². The molecule has 0 aliphatic heterocycles. The minimum Gasteiger partial charge on any atom is -0.324 e. The molecule has 2 rings (SSSR count). The molecule has 0 saturated carbocycles. The van der Waals surface area contributed by atoms with Crippen molar-refractivity contribution >= 4 is 49.9 Å². The Balaban J connectivity index is 2.20. The van der Waals surface area contributed by atoms with Gasteiger partial charge >= 0.3 is 0 Å². The summed E-state index contributed by atoms with van der Waals surface area (Å²) in [6.07, 6.45) is 0.899. The molecular formula is C12H11BrINS. The van der Waals surface area contributed by atoms with Crippen molar-refractivity contribution in [2.45, 2.75) is 12.5 Å². The number of hydrogen-bond donors (Lipinski definition) is 1. The number of hydrogen-bond acceptors (Lipinski definition) is 2. The van der Waals surface area contributed by atoms with Crippen LogP contribution in [0.15, 0.2) is 39.5 Å². The van der Waals surface area contributed by atoms with Crippen molar-refractivity contribution in [3.05, 3.63) is 54.2 Å². The highest BCUT2D eigenvalue weighted by molar-refractivity contribution is 14.1. The second-order valence-corrected chi connectivity index (χ2v) is 6.47. The molecule has 0 radical (unpaired) electrons. The highest BCUT2D eigenvalue weighted by atomic mass is 127. The van der Waals surface area contributed by atoms with Gasteiger partial charge in [-0.2, -0.15) is 11.3 Å². The van der Waals surface area contributed by atoms with Gasteiger partial charge in [-0.15, -0.1) is 0 Å². The standard InChI is InChI=1S/C12H11BrINS/c13-9-1-2-11(14)10(6-9)12(15)5-8-3-4-16-7-8/h1-4,6-7,12H,5,15H2. The molecule has 1 nitrogen and oxygen atoms in total. The summed E-state index contributed by atoms with van der Waals surface area (Å²) in [5.41, 5.74) is 8.76. The van der Waals surface area contributed by atoms with Gasteiger partial charge in [-0.1, -0.05) is 15.9 Å². The Morgan fingerprint density at radius 1 is 1.38 bits per heavy atom. The lowest BCUT2D eigenvalue weighted by atomic mass is 10.0. The number of nitrogens with two attached hydrogens (primary N) is 1. The normalized spacial score (nSPS) is 12.7. The minimum atomic E-state index is 0.0685. The van der Waals surface area contributed by atoms with Crippen LogP contribution in [0.5, 0.6) is 0 Å². The van der Waals surface area contributed by atoms with E-state index in [1.807, 2.05) is 6.07 Å². The van der Waals surface area contributed by atoms with Crippen LogP contribution in [0, 0.1) is 3.57 Å². The van der Waals surface area contributed by atoms with E-state index >= 15 is 0 Å². The van der Waals surface area contributed by atoms with Gasteiger partial charge in [0.05, 0.1) is 0 Å². The summed E-state index contributed by atoms with van der Waals surface area (Å²) in [6, 6.07) is 8.45. The minimum absolute atomic E-state index is 0.0685. The predicted molar refractivity (Wildman–Crippen MR) is 81.8 cm³/mol. The van der Waals surface area contributed by atoms with Crippen molar-refractivity contribution < 1.29 is 0 Å². The van der Waals surface area contributed by atoms with Crippen LogP contribution in [0.25, 0.3) is 0 Å². The Morgan fingerprint density at radius 3 is 2.88 bits per heavy atom. The first kappa shape index (κ1) is 12.5. The summed E-state index contributed by atoms with van der Waals surface area (Å²) in [4.78, 5) is 0. The van der Waals surface area contributed by atoms with E-state index in [-0.39, 0.29) is 6.04 Å². The molecular weight excluding hydrogens is 397 g/mol. The molecule has 0 saturated heterocycles. The summed E-state index contributed by atoms with van der Waals surface area (Å²) in [5, 5.41) is 4.25. The first-order chi connectivity index (χ1) is 7.66. The molecule has 16 heavy (non-hydrogen) atoms. The van der Waals surface area contributed by atoms with Gasteiger partial charge in [-0.05, 0) is 75.2 Å². The zero-order valence-electron chi connectivity index (χ0n) is 8.49. The maximum atomic E-state index is 6.23. The van der Waals surface area contributed by atoms with Crippen molar-refractivity contribution in [2.24, 2.45) is 5.73 Å². The average molecular weight is 408 g/mol. The molecule has 0 fully saturated rings. The topological polar surface area (TPSA) is 26.0 Å². The van der Waals surface area contributed by atoms with Crippen molar-refractivity contribution in [1.82, 2.24) is 0 Å². The number of rotatable bonds is 3. The molecule has 1 heterocycles. The van der Waals surface area contributed by atoms with Gasteiger partial charge in [0.25, 0.3) is 0 Å². The fraction of sp³-hybridized carbons (Fsp3) is 0.167. The summed E-state index contributed by atoms with van der Waals surface area (Å²) in [6.45, 7) is 0. The summed E-state index contributed by atoms with van der Waals surface area (Å²) < 4.78 is 2.31. The van der Waals surface area contributed by atoms with Gasteiger partial charge in [0.2, 0.25) is 0 Å². The molecule has 0 spiro atoms. The third-order valence-electron chi connectivity index (χ3n) is 2.39. The Bertz CT molecular complexity index is 470. The van der Waals surface area contributed by atoms with E-state index in [9.17, 15) is 0 Å². The van der Waals surface area contributed by atoms with Gasteiger partial charge in [0, 0.05) is 14.1 Å². The van der Waals surface area contributed by atoms with E-state index in [1.165, 1.54) is 14.7 Å². The van der Waals surface area contributed by atoms with Gasteiger partial charge in [0.1, 0.15) is 0 Å². The Morgan fingerprint density at radius 2 is 2.19 bits per heavy atom. The molecule has 0 amide bonds. The number of benzene rings is 1.